The van der Waals surface area contributed by atoms with Crippen molar-refractivity contribution in [3.63, 3.8) is 0 Å². The van der Waals surface area contributed by atoms with Gasteiger partial charge in [0, 0.05) is 27.9 Å². The Morgan fingerprint density at radius 2 is 0.763 bits per heavy atom. The second-order valence-corrected chi connectivity index (χ2v) is 17.3. The Kier molecular flexibility index (Phi) is 7.94. The van der Waals surface area contributed by atoms with Gasteiger partial charge in [-0.25, -0.2) is 0 Å². The van der Waals surface area contributed by atoms with E-state index < -0.39 is 0 Å². The number of hydrogen-bond donors (Lipinski definition) is 0. The van der Waals surface area contributed by atoms with E-state index in [1.807, 2.05) is 0 Å². The molecule has 0 saturated heterocycles. The fraction of sp³-hybridized carbons (Fsp3) is 0.103. The summed E-state index contributed by atoms with van der Waals surface area (Å²) in [6.07, 6.45) is 0. The predicted molar refractivity (Wildman–Crippen MR) is 250 cm³/mol. The maximum atomic E-state index is 2.42. The summed E-state index contributed by atoms with van der Waals surface area (Å²) in [7, 11) is 0. The highest BCUT2D eigenvalue weighted by Crippen LogP contribution is 2.53. The van der Waals surface area contributed by atoms with Gasteiger partial charge in [0.1, 0.15) is 0 Å². The van der Waals surface area contributed by atoms with E-state index in [2.05, 4.69) is 233 Å². The molecule has 9 aromatic carbocycles. The largest absolute Gasteiger partial charge is 0.310 e. The second kappa shape index (κ2) is 13.3. The van der Waals surface area contributed by atoms with Crippen molar-refractivity contribution >= 4 is 27.8 Å². The van der Waals surface area contributed by atoms with E-state index in [9.17, 15) is 0 Å². The number of benzene rings is 9. The van der Waals surface area contributed by atoms with Crippen LogP contribution in [0.1, 0.15) is 49.9 Å². The van der Waals surface area contributed by atoms with Gasteiger partial charge in [-0.3, -0.25) is 0 Å². The number of anilines is 3. The Labute approximate surface area is 347 Å². The molecule has 0 bridgehead atoms. The zero-order valence-corrected chi connectivity index (χ0v) is 34.0. The first-order valence-electron chi connectivity index (χ1n) is 20.8. The molecule has 0 fully saturated rings. The van der Waals surface area contributed by atoms with Crippen molar-refractivity contribution in [2.24, 2.45) is 0 Å². The predicted octanol–water partition coefficient (Wildman–Crippen LogP) is 15.9. The van der Waals surface area contributed by atoms with Gasteiger partial charge in [-0.05, 0) is 125 Å². The molecule has 0 radical (unpaired) electrons. The molecule has 2 aliphatic carbocycles. The lowest BCUT2D eigenvalue weighted by atomic mass is 9.67. The summed E-state index contributed by atoms with van der Waals surface area (Å²) < 4.78 is 0. The van der Waals surface area contributed by atoms with E-state index in [-0.39, 0.29) is 10.8 Å². The monoisotopic (exact) mass is 755 g/mol. The van der Waals surface area contributed by atoms with Gasteiger partial charge in [-0.1, -0.05) is 191 Å². The molecule has 59 heavy (non-hydrogen) atoms. The molecule has 1 heteroatoms. The normalized spacial score (nSPS) is 14.0. The number of nitrogens with zero attached hydrogens (tertiary/aromatic N) is 1. The molecule has 0 aliphatic heterocycles. The van der Waals surface area contributed by atoms with E-state index in [1.165, 1.54) is 88.7 Å². The first-order valence-corrected chi connectivity index (χ1v) is 20.8. The van der Waals surface area contributed by atoms with Crippen LogP contribution in [0, 0.1) is 0 Å². The van der Waals surface area contributed by atoms with Crippen molar-refractivity contribution in [3.05, 3.63) is 222 Å². The van der Waals surface area contributed by atoms with E-state index in [1.54, 1.807) is 0 Å². The first-order chi connectivity index (χ1) is 28.8. The molecule has 0 spiro atoms. The molecular weight excluding hydrogens is 711 g/mol. The van der Waals surface area contributed by atoms with Crippen LogP contribution in [0.2, 0.25) is 0 Å². The highest BCUT2D eigenvalue weighted by Gasteiger charge is 2.36. The highest BCUT2D eigenvalue weighted by atomic mass is 15.1. The van der Waals surface area contributed by atoms with E-state index in [4.69, 9.17) is 0 Å². The van der Waals surface area contributed by atoms with E-state index in [0.29, 0.717) is 0 Å². The van der Waals surface area contributed by atoms with Crippen LogP contribution in [0.4, 0.5) is 17.1 Å². The van der Waals surface area contributed by atoms with Crippen molar-refractivity contribution in [1.82, 2.24) is 0 Å². The maximum Gasteiger partial charge on any atom is 0.0465 e. The molecule has 0 atom stereocenters. The van der Waals surface area contributed by atoms with Gasteiger partial charge in [0.25, 0.3) is 0 Å². The number of fused-ring (bicyclic) bond motifs is 5. The molecule has 0 heterocycles. The Morgan fingerprint density at radius 1 is 0.305 bits per heavy atom. The minimum atomic E-state index is -0.103. The molecule has 0 saturated carbocycles. The zero-order chi connectivity index (χ0) is 39.9. The lowest BCUT2D eigenvalue weighted by Crippen LogP contribution is -2.23. The molecule has 2 aliphatic rings. The van der Waals surface area contributed by atoms with E-state index in [0.717, 1.165) is 17.1 Å². The summed E-state index contributed by atoms with van der Waals surface area (Å²) in [5.74, 6) is 0. The highest BCUT2D eigenvalue weighted by molar-refractivity contribution is 6.09. The van der Waals surface area contributed by atoms with Crippen LogP contribution in [0.25, 0.3) is 66.4 Å². The maximum absolute atomic E-state index is 2.42. The first kappa shape index (κ1) is 35.2. The third kappa shape index (κ3) is 5.53. The van der Waals surface area contributed by atoms with Gasteiger partial charge in [0.15, 0.2) is 0 Å². The Hall–Kier alpha value is -6.96. The molecule has 0 unspecified atom stereocenters. The molecule has 0 amide bonds. The molecule has 0 N–H and O–H groups in total. The minimum absolute atomic E-state index is 0.0843. The van der Waals surface area contributed by atoms with Gasteiger partial charge >= 0.3 is 0 Å². The van der Waals surface area contributed by atoms with Crippen molar-refractivity contribution in [3.8, 4) is 55.6 Å². The summed E-state index contributed by atoms with van der Waals surface area (Å²) in [6.45, 7) is 9.46. The molecule has 0 aromatic heterocycles. The fourth-order valence-electron chi connectivity index (χ4n) is 10.2. The summed E-state index contributed by atoms with van der Waals surface area (Å²) in [6, 6.07) is 74.2. The average molecular weight is 756 g/mol. The Morgan fingerprint density at radius 3 is 1.42 bits per heavy atom. The van der Waals surface area contributed by atoms with Gasteiger partial charge < -0.3 is 4.90 Å². The molecule has 9 aromatic rings. The smallest absolute Gasteiger partial charge is 0.0465 e. The molecule has 11 rings (SSSR count). The Balaban J connectivity index is 1.02. The molecule has 282 valence electrons. The van der Waals surface area contributed by atoms with Crippen LogP contribution >= 0.6 is 0 Å². The van der Waals surface area contributed by atoms with Crippen LogP contribution in [0.15, 0.2) is 200 Å². The summed E-state index contributed by atoms with van der Waals surface area (Å²) >= 11 is 0. The summed E-state index contributed by atoms with van der Waals surface area (Å²) in [4.78, 5) is 2.42. The number of rotatable bonds is 6. The molecule has 1 nitrogen and oxygen atoms in total. The van der Waals surface area contributed by atoms with Crippen LogP contribution in [-0.2, 0) is 10.8 Å². The van der Waals surface area contributed by atoms with Crippen molar-refractivity contribution in [2.45, 2.75) is 38.5 Å². The summed E-state index contributed by atoms with van der Waals surface area (Å²) in [5, 5.41) is 2.67. The second-order valence-electron chi connectivity index (χ2n) is 17.3. The van der Waals surface area contributed by atoms with Crippen molar-refractivity contribution in [2.75, 3.05) is 4.90 Å². The van der Waals surface area contributed by atoms with Gasteiger partial charge in [-0.2, -0.15) is 0 Å². The third-order valence-corrected chi connectivity index (χ3v) is 13.3. The van der Waals surface area contributed by atoms with Crippen LogP contribution in [0.3, 0.4) is 0 Å². The lowest BCUT2D eigenvalue weighted by Gasteiger charge is -2.36. The minimum Gasteiger partial charge on any atom is -0.310 e. The van der Waals surface area contributed by atoms with Crippen LogP contribution < -0.4 is 4.90 Å². The Bertz CT molecular complexity index is 3060. The average Bonchev–Trinajstić information content (AvgIpc) is 3.51. The lowest BCUT2D eigenvalue weighted by molar-refractivity contribution is 0.645. The van der Waals surface area contributed by atoms with Crippen LogP contribution in [-0.4, -0.2) is 0 Å². The van der Waals surface area contributed by atoms with Crippen LogP contribution in [0.5, 0.6) is 0 Å². The summed E-state index contributed by atoms with van der Waals surface area (Å²) in [5.41, 5.74) is 21.4. The SMILES string of the molecule is CC1(C)c2ccccc2-c2ccc(N(c3ccc(-c4ccc(-c5ccccc5)cc4)cc3)c3ccc(-c4ccc5cccc6c5c4-c4ccccc4C6(C)C)cc3)cc21. The fourth-order valence-corrected chi connectivity index (χ4v) is 10.2. The van der Waals surface area contributed by atoms with Gasteiger partial charge in [0.05, 0.1) is 0 Å². The zero-order valence-electron chi connectivity index (χ0n) is 34.0. The molecular formula is C58H45N. The van der Waals surface area contributed by atoms with Crippen molar-refractivity contribution in [1.29, 1.82) is 0 Å². The van der Waals surface area contributed by atoms with Gasteiger partial charge in [-0.15, -0.1) is 0 Å². The number of hydrogen-bond acceptors (Lipinski definition) is 1. The van der Waals surface area contributed by atoms with Gasteiger partial charge in [0.2, 0.25) is 0 Å². The topological polar surface area (TPSA) is 3.24 Å². The standard InChI is InChI=1S/C58H45N/c1-57(2)52-19-11-9-17-50(52)56-47(35-29-43-15-12-20-53(57)55(43)56)42-27-32-45(33-28-42)59(46-34-36-49-48-16-8-10-18-51(48)58(3,4)54(49)37-46)44-30-25-41(26-31-44)40-23-21-39(22-24-40)38-13-6-5-7-14-38/h5-37H,1-4H3. The quantitative estimate of drug-likeness (QED) is 0.163. The van der Waals surface area contributed by atoms with Crippen molar-refractivity contribution < 1.29 is 0 Å². The third-order valence-electron chi connectivity index (χ3n) is 13.3. The van der Waals surface area contributed by atoms with E-state index >= 15 is 0 Å².